The molecule has 0 fully saturated rings. The van der Waals surface area contributed by atoms with Gasteiger partial charge in [0.15, 0.2) is 0 Å². The topological polar surface area (TPSA) is 34.1 Å². The molecule has 0 radical (unpaired) electrons. The summed E-state index contributed by atoms with van der Waals surface area (Å²) < 4.78 is 5.67. The molecule has 0 aliphatic rings. The van der Waals surface area contributed by atoms with Crippen molar-refractivity contribution in [1.29, 1.82) is 0 Å². The summed E-state index contributed by atoms with van der Waals surface area (Å²) in [7, 11) is 1.94. The molecule has 0 spiro atoms. The predicted molar refractivity (Wildman–Crippen MR) is 64.2 cm³/mol. The van der Waals surface area contributed by atoms with Crippen LogP contribution in [0.5, 0.6) is 0 Å². The predicted octanol–water partition coefficient (Wildman–Crippen LogP) is 2.70. The molecule has 4 heteroatoms. The second-order valence-corrected chi connectivity index (χ2v) is 4.89. The van der Waals surface area contributed by atoms with E-state index in [1.54, 1.807) is 11.3 Å². The largest absolute Gasteiger partial charge is 0.369 e. The van der Waals surface area contributed by atoms with E-state index in [0.717, 1.165) is 10.7 Å². The summed E-state index contributed by atoms with van der Waals surface area (Å²) in [4.78, 5) is 4.60. The van der Waals surface area contributed by atoms with Crippen molar-refractivity contribution in [3.05, 3.63) is 16.1 Å². The molecule has 86 valence electrons. The van der Waals surface area contributed by atoms with Gasteiger partial charge in [-0.05, 0) is 34.7 Å². The van der Waals surface area contributed by atoms with Gasteiger partial charge in [-0.2, -0.15) is 0 Å². The van der Waals surface area contributed by atoms with Crippen LogP contribution in [-0.4, -0.2) is 18.6 Å². The van der Waals surface area contributed by atoms with Gasteiger partial charge in [0.05, 0.1) is 5.69 Å². The second kappa shape index (κ2) is 5.05. The molecule has 1 aromatic heterocycles. The van der Waals surface area contributed by atoms with Gasteiger partial charge in [0.1, 0.15) is 10.6 Å². The van der Waals surface area contributed by atoms with Crippen LogP contribution in [0.15, 0.2) is 5.38 Å². The lowest BCUT2D eigenvalue weighted by atomic mass is 10.1. The zero-order valence-electron chi connectivity index (χ0n) is 10.1. The number of hydrogen-bond donors (Lipinski definition) is 1. The van der Waals surface area contributed by atoms with Crippen molar-refractivity contribution in [2.24, 2.45) is 0 Å². The van der Waals surface area contributed by atoms with Gasteiger partial charge in [-0.1, -0.05) is 0 Å². The molecule has 1 atom stereocenters. The van der Waals surface area contributed by atoms with E-state index in [2.05, 4.69) is 36.5 Å². The molecule has 1 N–H and O–H groups in total. The normalized spacial score (nSPS) is 14.2. The Bertz CT molecular complexity index is 309. The fraction of sp³-hybridized carbons (Fsp3) is 0.727. The first-order valence-corrected chi connectivity index (χ1v) is 6.16. The minimum atomic E-state index is -0.273. The molecule has 0 amide bonds. The molecular formula is C11H20N2OS. The maximum atomic E-state index is 5.67. The third-order valence-corrected chi connectivity index (χ3v) is 3.58. The van der Waals surface area contributed by atoms with E-state index in [4.69, 9.17) is 4.74 Å². The summed E-state index contributed by atoms with van der Waals surface area (Å²) in [6.07, 6.45) is 0. The van der Waals surface area contributed by atoms with Gasteiger partial charge in [-0.15, -0.1) is 11.3 Å². The highest BCUT2D eigenvalue weighted by atomic mass is 32.1. The summed E-state index contributed by atoms with van der Waals surface area (Å²) in [6, 6.07) is 0.299. The van der Waals surface area contributed by atoms with E-state index < -0.39 is 0 Å². The fourth-order valence-corrected chi connectivity index (χ4v) is 2.32. The Hall–Kier alpha value is -0.450. The summed E-state index contributed by atoms with van der Waals surface area (Å²) in [6.45, 7) is 8.94. The highest BCUT2D eigenvalue weighted by Crippen LogP contribution is 2.29. The van der Waals surface area contributed by atoms with Gasteiger partial charge in [0.2, 0.25) is 0 Å². The van der Waals surface area contributed by atoms with Crippen molar-refractivity contribution in [3.8, 4) is 0 Å². The molecule has 0 aliphatic carbocycles. The zero-order valence-corrected chi connectivity index (χ0v) is 10.9. The van der Waals surface area contributed by atoms with Gasteiger partial charge in [-0.25, -0.2) is 4.98 Å². The number of nitrogens with zero attached hydrogens (tertiary/aromatic N) is 1. The highest BCUT2D eigenvalue weighted by Gasteiger charge is 2.25. The number of nitrogens with one attached hydrogen (secondary N) is 1. The van der Waals surface area contributed by atoms with E-state index >= 15 is 0 Å². The number of aromatic nitrogens is 1. The first-order valence-electron chi connectivity index (χ1n) is 5.28. The standard InChI is InChI=1S/C11H20N2OS/c1-6-14-11(3,4)10-13-9(7-15-10)8(2)12-5/h7-8,12H,6H2,1-5H3. The van der Waals surface area contributed by atoms with Crippen LogP contribution in [0.25, 0.3) is 0 Å². The Morgan fingerprint density at radius 2 is 2.27 bits per heavy atom. The molecule has 0 aliphatic heterocycles. The van der Waals surface area contributed by atoms with Crippen molar-refractivity contribution in [2.75, 3.05) is 13.7 Å². The zero-order chi connectivity index (χ0) is 11.5. The lowest BCUT2D eigenvalue weighted by Crippen LogP contribution is -2.22. The Balaban J connectivity index is 2.83. The van der Waals surface area contributed by atoms with Gasteiger partial charge in [0.25, 0.3) is 0 Å². The van der Waals surface area contributed by atoms with Crippen molar-refractivity contribution in [1.82, 2.24) is 10.3 Å². The lowest BCUT2D eigenvalue weighted by molar-refractivity contribution is -0.0142. The van der Waals surface area contributed by atoms with E-state index in [-0.39, 0.29) is 5.60 Å². The molecule has 1 aromatic rings. The molecule has 1 unspecified atom stereocenters. The molecule has 0 bridgehead atoms. The molecule has 1 rings (SSSR count). The summed E-state index contributed by atoms with van der Waals surface area (Å²) in [5, 5.41) is 6.32. The molecule has 0 aromatic carbocycles. The average Bonchev–Trinajstić information content (AvgIpc) is 2.66. The van der Waals surface area contributed by atoms with Crippen LogP contribution in [0, 0.1) is 0 Å². The van der Waals surface area contributed by atoms with Crippen LogP contribution >= 0.6 is 11.3 Å². The van der Waals surface area contributed by atoms with Crippen molar-refractivity contribution in [3.63, 3.8) is 0 Å². The van der Waals surface area contributed by atoms with Crippen LogP contribution in [0.1, 0.15) is 44.4 Å². The Labute approximate surface area is 95.9 Å². The van der Waals surface area contributed by atoms with Crippen LogP contribution in [0.4, 0.5) is 0 Å². The van der Waals surface area contributed by atoms with Crippen molar-refractivity contribution in [2.45, 2.75) is 39.3 Å². The van der Waals surface area contributed by atoms with Gasteiger partial charge < -0.3 is 10.1 Å². The van der Waals surface area contributed by atoms with Crippen LogP contribution in [0.2, 0.25) is 0 Å². The third-order valence-electron chi connectivity index (χ3n) is 2.42. The number of ether oxygens (including phenoxy) is 1. The monoisotopic (exact) mass is 228 g/mol. The van der Waals surface area contributed by atoms with Gasteiger partial charge >= 0.3 is 0 Å². The number of rotatable bonds is 5. The lowest BCUT2D eigenvalue weighted by Gasteiger charge is -2.21. The van der Waals surface area contributed by atoms with E-state index in [1.165, 1.54) is 0 Å². The molecule has 0 saturated heterocycles. The van der Waals surface area contributed by atoms with Crippen LogP contribution in [-0.2, 0) is 10.3 Å². The number of thiazole rings is 1. The van der Waals surface area contributed by atoms with Crippen molar-refractivity contribution < 1.29 is 4.74 Å². The Kier molecular flexibility index (Phi) is 4.25. The Morgan fingerprint density at radius 1 is 1.60 bits per heavy atom. The second-order valence-electron chi connectivity index (χ2n) is 4.03. The highest BCUT2D eigenvalue weighted by molar-refractivity contribution is 7.09. The molecule has 0 saturated carbocycles. The molecular weight excluding hydrogens is 208 g/mol. The summed E-state index contributed by atoms with van der Waals surface area (Å²) >= 11 is 1.66. The maximum Gasteiger partial charge on any atom is 0.124 e. The molecule has 1 heterocycles. The van der Waals surface area contributed by atoms with Gasteiger partial charge in [-0.3, -0.25) is 0 Å². The fourth-order valence-electron chi connectivity index (χ4n) is 1.33. The third kappa shape index (κ3) is 3.00. The smallest absolute Gasteiger partial charge is 0.124 e. The minimum Gasteiger partial charge on any atom is -0.369 e. The SMILES string of the molecule is CCOC(C)(C)c1nc(C(C)NC)cs1. The summed E-state index contributed by atoms with van der Waals surface area (Å²) in [5.41, 5.74) is 0.816. The van der Waals surface area contributed by atoms with E-state index in [9.17, 15) is 0 Å². The Morgan fingerprint density at radius 3 is 2.80 bits per heavy atom. The number of hydrogen-bond acceptors (Lipinski definition) is 4. The maximum absolute atomic E-state index is 5.67. The first-order chi connectivity index (χ1) is 7.01. The van der Waals surface area contributed by atoms with Crippen LogP contribution in [0.3, 0.4) is 0 Å². The van der Waals surface area contributed by atoms with Crippen LogP contribution < -0.4 is 5.32 Å². The van der Waals surface area contributed by atoms with E-state index in [0.29, 0.717) is 12.6 Å². The molecule has 15 heavy (non-hydrogen) atoms. The van der Waals surface area contributed by atoms with Gasteiger partial charge in [0, 0.05) is 18.0 Å². The minimum absolute atomic E-state index is 0.273. The first kappa shape index (κ1) is 12.6. The quantitative estimate of drug-likeness (QED) is 0.841. The average molecular weight is 228 g/mol. The van der Waals surface area contributed by atoms with Crippen molar-refractivity contribution >= 4 is 11.3 Å². The molecule has 3 nitrogen and oxygen atoms in total. The summed E-state index contributed by atoms with van der Waals surface area (Å²) in [5.74, 6) is 0. The van der Waals surface area contributed by atoms with E-state index in [1.807, 2.05) is 14.0 Å².